The van der Waals surface area contributed by atoms with Gasteiger partial charge in [0.2, 0.25) is 5.91 Å². The monoisotopic (exact) mass is 366 g/mol. The molecule has 126 valence electrons. The van der Waals surface area contributed by atoms with Gasteiger partial charge in [0.05, 0.1) is 5.69 Å². The highest BCUT2D eigenvalue weighted by molar-refractivity contribution is 7.13. The lowest BCUT2D eigenvalue weighted by atomic mass is 10.1. The summed E-state index contributed by atoms with van der Waals surface area (Å²) in [4.78, 5) is 21.2. The summed E-state index contributed by atoms with van der Waals surface area (Å²) in [6, 6.07) is 0.225. The van der Waals surface area contributed by atoms with Gasteiger partial charge in [-0.3, -0.25) is 4.79 Å². The number of carbonyl (C=O) groups is 1. The van der Waals surface area contributed by atoms with Crippen LogP contribution < -0.4 is 10.6 Å². The lowest BCUT2D eigenvalue weighted by molar-refractivity contribution is -0.135. The molecule has 2 fully saturated rings. The van der Waals surface area contributed by atoms with Crippen molar-refractivity contribution in [3.63, 3.8) is 0 Å². The van der Waals surface area contributed by atoms with Gasteiger partial charge in [-0.15, -0.1) is 36.2 Å². The van der Waals surface area contributed by atoms with Gasteiger partial charge in [0, 0.05) is 43.5 Å². The number of hydrogen-bond donors (Lipinski definition) is 1. The summed E-state index contributed by atoms with van der Waals surface area (Å²) in [6.45, 7) is 5.41. The van der Waals surface area contributed by atoms with E-state index in [0.29, 0.717) is 5.91 Å². The van der Waals surface area contributed by atoms with E-state index in [4.69, 9.17) is 5.73 Å². The molecule has 2 aliphatic rings. The maximum Gasteiger partial charge on any atom is 0.225 e. The van der Waals surface area contributed by atoms with Crippen LogP contribution in [0.15, 0.2) is 5.38 Å². The molecule has 0 spiro atoms. The Kier molecular flexibility index (Phi) is 7.38. The first-order valence-corrected chi connectivity index (χ1v) is 8.23. The molecule has 2 N–H and O–H groups in total. The second-order valence-corrected chi connectivity index (χ2v) is 6.69. The average Bonchev–Trinajstić information content (AvgIpc) is 3.07. The second kappa shape index (κ2) is 8.34. The molecule has 0 radical (unpaired) electrons. The van der Waals surface area contributed by atoms with Crippen molar-refractivity contribution in [2.75, 3.05) is 31.1 Å². The molecule has 0 aromatic carbocycles. The molecule has 1 saturated carbocycles. The highest BCUT2D eigenvalue weighted by Gasteiger charge is 2.32. The van der Waals surface area contributed by atoms with Gasteiger partial charge in [-0.05, 0) is 26.2 Å². The van der Waals surface area contributed by atoms with E-state index in [1.807, 2.05) is 11.8 Å². The number of piperazine rings is 1. The van der Waals surface area contributed by atoms with Gasteiger partial charge < -0.3 is 15.5 Å². The molecular formula is C14H24Cl2N4OS. The fourth-order valence-corrected chi connectivity index (χ4v) is 3.96. The number of rotatable bonds is 2. The minimum absolute atomic E-state index is 0. The number of aryl methyl sites for hydroxylation is 1. The van der Waals surface area contributed by atoms with Crippen LogP contribution in [-0.4, -0.2) is 48.0 Å². The molecule has 2 unspecified atom stereocenters. The van der Waals surface area contributed by atoms with E-state index in [0.717, 1.165) is 56.3 Å². The van der Waals surface area contributed by atoms with Crippen molar-refractivity contribution in [3.8, 4) is 0 Å². The van der Waals surface area contributed by atoms with Crippen LogP contribution in [0.2, 0.25) is 0 Å². The second-order valence-electron chi connectivity index (χ2n) is 5.85. The van der Waals surface area contributed by atoms with Crippen molar-refractivity contribution >= 4 is 47.2 Å². The molecule has 1 aromatic rings. The summed E-state index contributed by atoms with van der Waals surface area (Å²) in [5.74, 6) is 0.478. The van der Waals surface area contributed by atoms with Gasteiger partial charge in [0.25, 0.3) is 0 Å². The molecule has 5 nitrogen and oxygen atoms in total. The first kappa shape index (κ1) is 19.5. The first-order valence-electron chi connectivity index (χ1n) is 7.35. The van der Waals surface area contributed by atoms with E-state index >= 15 is 0 Å². The molecule has 1 aliphatic heterocycles. The largest absolute Gasteiger partial charge is 0.345 e. The van der Waals surface area contributed by atoms with Crippen LogP contribution >= 0.6 is 36.2 Å². The molecule has 1 amide bonds. The van der Waals surface area contributed by atoms with E-state index in [-0.39, 0.29) is 36.8 Å². The number of nitrogens with zero attached hydrogens (tertiary/aromatic N) is 3. The van der Waals surface area contributed by atoms with Crippen LogP contribution in [0.25, 0.3) is 0 Å². The molecule has 8 heteroatoms. The van der Waals surface area contributed by atoms with Crippen LogP contribution in [0.1, 0.15) is 25.0 Å². The van der Waals surface area contributed by atoms with Crippen LogP contribution in [0.5, 0.6) is 0 Å². The van der Waals surface area contributed by atoms with Crippen molar-refractivity contribution in [2.45, 2.75) is 32.2 Å². The minimum atomic E-state index is 0. The molecule has 1 aliphatic carbocycles. The lowest BCUT2D eigenvalue weighted by Crippen LogP contribution is -2.50. The Bertz CT molecular complexity index is 491. The van der Waals surface area contributed by atoms with Gasteiger partial charge in [-0.25, -0.2) is 4.98 Å². The van der Waals surface area contributed by atoms with Crippen molar-refractivity contribution in [3.05, 3.63) is 11.1 Å². The number of carbonyl (C=O) groups excluding carboxylic acids is 1. The number of thiazole rings is 1. The summed E-state index contributed by atoms with van der Waals surface area (Å²) < 4.78 is 0. The fourth-order valence-electron chi connectivity index (χ4n) is 3.10. The van der Waals surface area contributed by atoms with Gasteiger partial charge >= 0.3 is 0 Å². The van der Waals surface area contributed by atoms with Crippen LogP contribution in [0.3, 0.4) is 0 Å². The van der Waals surface area contributed by atoms with E-state index in [9.17, 15) is 4.79 Å². The maximum absolute atomic E-state index is 12.4. The maximum atomic E-state index is 12.4. The molecular weight excluding hydrogens is 343 g/mol. The summed E-state index contributed by atoms with van der Waals surface area (Å²) in [5, 5.41) is 3.16. The Morgan fingerprint density at radius 2 is 1.95 bits per heavy atom. The molecule has 2 atom stereocenters. The van der Waals surface area contributed by atoms with E-state index in [1.54, 1.807) is 11.3 Å². The SMILES string of the molecule is Cc1csc(N2CCN(C(=O)C3CCC(N)C3)CC2)n1.Cl.Cl. The number of halogens is 2. The van der Waals surface area contributed by atoms with Crippen LogP contribution in [-0.2, 0) is 4.79 Å². The van der Waals surface area contributed by atoms with Crippen LogP contribution in [0, 0.1) is 12.8 Å². The standard InChI is InChI=1S/C14H22N4OS.2ClH/c1-10-9-20-14(16-10)18-6-4-17(5-7-18)13(19)11-2-3-12(15)8-11;;/h9,11-12H,2-8,15H2,1H3;2*1H. The highest BCUT2D eigenvalue weighted by Crippen LogP contribution is 2.27. The molecule has 1 saturated heterocycles. The Morgan fingerprint density at radius 3 is 2.45 bits per heavy atom. The lowest BCUT2D eigenvalue weighted by Gasteiger charge is -2.35. The third kappa shape index (κ3) is 4.25. The summed E-state index contributed by atoms with van der Waals surface area (Å²) >= 11 is 1.69. The summed E-state index contributed by atoms with van der Waals surface area (Å²) in [5.41, 5.74) is 6.98. The molecule has 22 heavy (non-hydrogen) atoms. The predicted octanol–water partition coefficient (Wildman–Crippen LogP) is 2.07. The normalized spacial score (nSPS) is 24.6. The zero-order chi connectivity index (χ0) is 14.1. The first-order chi connectivity index (χ1) is 9.63. The number of nitrogens with two attached hydrogens (primary N) is 1. The van der Waals surface area contributed by atoms with E-state index in [2.05, 4.69) is 15.3 Å². The zero-order valence-electron chi connectivity index (χ0n) is 12.7. The smallest absolute Gasteiger partial charge is 0.225 e. The number of amides is 1. The Morgan fingerprint density at radius 1 is 1.27 bits per heavy atom. The van der Waals surface area contributed by atoms with Crippen LogP contribution in [0.4, 0.5) is 5.13 Å². The Labute approximate surface area is 148 Å². The highest BCUT2D eigenvalue weighted by atomic mass is 35.5. The van der Waals surface area contributed by atoms with E-state index < -0.39 is 0 Å². The van der Waals surface area contributed by atoms with Crippen molar-refractivity contribution in [1.29, 1.82) is 0 Å². The summed E-state index contributed by atoms with van der Waals surface area (Å²) in [7, 11) is 0. The van der Waals surface area contributed by atoms with Crippen molar-refractivity contribution in [2.24, 2.45) is 11.7 Å². The third-order valence-corrected chi connectivity index (χ3v) is 5.31. The zero-order valence-corrected chi connectivity index (χ0v) is 15.2. The van der Waals surface area contributed by atoms with Gasteiger partial charge in [0.15, 0.2) is 5.13 Å². The topological polar surface area (TPSA) is 62.5 Å². The quantitative estimate of drug-likeness (QED) is 0.869. The minimum Gasteiger partial charge on any atom is -0.345 e. The Hall–Kier alpha value is -0.560. The number of hydrogen-bond acceptors (Lipinski definition) is 5. The Balaban J connectivity index is 0.00000121. The molecule has 2 heterocycles. The average molecular weight is 367 g/mol. The van der Waals surface area contributed by atoms with Crippen molar-refractivity contribution in [1.82, 2.24) is 9.88 Å². The molecule has 3 rings (SSSR count). The van der Waals surface area contributed by atoms with E-state index in [1.165, 1.54) is 0 Å². The third-order valence-electron chi connectivity index (χ3n) is 4.29. The fraction of sp³-hybridized carbons (Fsp3) is 0.714. The molecule has 0 bridgehead atoms. The van der Waals surface area contributed by atoms with Gasteiger partial charge in [0.1, 0.15) is 0 Å². The summed E-state index contributed by atoms with van der Waals surface area (Å²) in [6.07, 6.45) is 2.82. The molecule has 1 aromatic heterocycles. The number of aromatic nitrogens is 1. The predicted molar refractivity (Wildman–Crippen MR) is 95.5 cm³/mol. The van der Waals surface area contributed by atoms with Crippen molar-refractivity contribution < 1.29 is 4.79 Å². The number of anilines is 1. The van der Waals surface area contributed by atoms with Gasteiger partial charge in [-0.1, -0.05) is 0 Å². The van der Waals surface area contributed by atoms with Gasteiger partial charge in [-0.2, -0.15) is 0 Å².